The van der Waals surface area contributed by atoms with Gasteiger partial charge in [0.15, 0.2) is 0 Å². The van der Waals surface area contributed by atoms with E-state index in [9.17, 15) is 4.39 Å². The number of nitrogens with two attached hydrogens (primary N) is 2. The lowest BCUT2D eigenvalue weighted by atomic mass is 10.2. The highest BCUT2D eigenvalue weighted by molar-refractivity contribution is 6.05. The molecule has 2 rings (SSSR count). The van der Waals surface area contributed by atoms with Crippen molar-refractivity contribution in [3.05, 3.63) is 65.1 Å². The van der Waals surface area contributed by atoms with Crippen molar-refractivity contribution in [3.63, 3.8) is 0 Å². The quantitative estimate of drug-likeness (QED) is 0.309. The monoisotopic (exact) mass is 398 g/mol. The third-order valence-corrected chi connectivity index (χ3v) is 4.20. The van der Waals surface area contributed by atoms with Gasteiger partial charge in [0.2, 0.25) is 0 Å². The van der Waals surface area contributed by atoms with Crippen LogP contribution < -0.4 is 21.8 Å². The number of hydrogen-bond donors (Lipinski definition) is 4. The second kappa shape index (κ2) is 10.9. The van der Waals surface area contributed by atoms with Crippen molar-refractivity contribution in [2.75, 3.05) is 45.4 Å². The summed E-state index contributed by atoms with van der Waals surface area (Å²) < 4.78 is 12.6. The SMILES string of the molecule is C/N=C1/NC(C#Cc2ccc(N(C)CCN(N)/C=C(\N)CO)cc2)=C/C1=C/CF. The van der Waals surface area contributed by atoms with E-state index in [-0.39, 0.29) is 6.61 Å². The van der Waals surface area contributed by atoms with Crippen molar-refractivity contribution in [3.8, 4) is 11.8 Å². The van der Waals surface area contributed by atoms with Crippen molar-refractivity contribution >= 4 is 11.5 Å². The van der Waals surface area contributed by atoms with E-state index in [1.807, 2.05) is 31.3 Å². The zero-order valence-corrected chi connectivity index (χ0v) is 16.7. The predicted molar refractivity (Wildman–Crippen MR) is 115 cm³/mol. The summed E-state index contributed by atoms with van der Waals surface area (Å²) in [4.78, 5) is 6.14. The van der Waals surface area contributed by atoms with Gasteiger partial charge in [-0.05, 0) is 42.3 Å². The summed E-state index contributed by atoms with van der Waals surface area (Å²) in [5.41, 5.74) is 9.14. The molecule has 0 amide bonds. The largest absolute Gasteiger partial charge is 0.399 e. The molecule has 0 aliphatic carbocycles. The number of alkyl halides is 1. The smallest absolute Gasteiger partial charge is 0.132 e. The van der Waals surface area contributed by atoms with Crippen LogP contribution in [0.2, 0.25) is 0 Å². The first kappa shape index (κ1) is 22.0. The number of nitrogens with zero attached hydrogens (tertiary/aromatic N) is 3. The van der Waals surface area contributed by atoms with Crippen molar-refractivity contribution in [2.24, 2.45) is 16.6 Å². The number of allylic oxidation sites excluding steroid dienone is 2. The first-order valence-corrected chi connectivity index (χ1v) is 9.10. The zero-order valence-electron chi connectivity index (χ0n) is 16.7. The fourth-order valence-electron chi connectivity index (χ4n) is 2.60. The van der Waals surface area contributed by atoms with Crippen LogP contribution >= 0.6 is 0 Å². The van der Waals surface area contributed by atoms with E-state index in [4.69, 9.17) is 16.7 Å². The molecule has 1 heterocycles. The molecule has 1 aromatic carbocycles. The summed E-state index contributed by atoms with van der Waals surface area (Å²) in [6.07, 6.45) is 4.76. The minimum absolute atomic E-state index is 0.224. The molecule has 8 heteroatoms. The van der Waals surface area contributed by atoms with Gasteiger partial charge >= 0.3 is 0 Å². The number of benzene rings is 1. The minimum Gasteiger partial charge on any atom is -0.399 e. The van der Waals surface area contributed by atoms with Crippen LogP contribution in [0, 0.1) is 11.8 Å². The average molecular weight is 398 g/mol. The molecule has 7 nitrogen and oxygen atoms in total. The number of amidine groups is 1. The number of aliphatic hydroxyl groups is 1. The van der Waals surface area contributed by atoms with Gasteiger partial charge in [0.25, 0.3) is 0 Å². The van der Waals surface area contributed by atoms with Gasteiger partial charge in [-0.3, -0.25) is 4.99 Å². The highest BCUT2D eigenvalue weighted by Gasteiger charge is 2.13. The van der Waals surface area contributed by atoms with E-state index in [1.54, 1.807) is 13.1 Å². The van der Waals surface area contributed by atoms with E-state index in [1.165, 1.54) is 17.3 Å². The van der Waals surface area contributed by atoms with Gasteiger partial charge < -0.3 is 26.1 Å². The molecule has 0 fully saturated rings. The van der Waals surface area contributed by atoms with E-state index in [0.29, 0.717) is 35.9 Å². The highest BCUT2D eigenvalue weighted by Crippen LogP contribution is 2.14. The summed E-state index contributed by atoms with van der Waals surface area (Å²) in [7, 11) is 3.61. The van der Waals surface area contributed by atoms with Gasteiger partial charge in [0, 0.05) is 43.7 Å². The summed E-state index contributed by atoms with van der Waals surface area (Å²) >= 11 is 0. The van der Waals surface area contributed by atoms with Gasteiger partial charge in [0.05, 0.1) is 24.5 Å². The third-order valence-electron chi connectivity index (χ3n) is 4.20. The average Bonchev–Trinajstić information content (AvgIpc) is 3.13. The Balaban J connectivity index is 1.97. The molecule has 6 N–H and O–H groups in total. The molecule has 0 spiro atoms. The normalized spacial score (nSPS) is 16.3. The Morgan fingerprint density at radius 2 is 2.00 bits per heavy atom. The van der Waals surface area contributed by atoms with Crippen molar-refractivity contribution in [1.29, 1.82) is 0 Å². The molecule has 0 saturated heterocycles. The molecule has 0 aromatic heterocycles. The lowest BCUT2D eigenvalue weighted by Gasteiger charge is -2.22. The van der Waals surface area contributed by atoms with E-state index in [2.05, 4.69) is 27.0 Å². The van der Waals surface area contributed by atoms with Crippen LogP contribution in [0.5, 0.6) is 0 Å². The topological polar surface area (TPSA) is 103 Å². The number of halogens is 1. The lowest BCUT2D eigenvalue weighted by Crippen LogP contribution is -2.35. The first-order valence-electron chi connectivity index (χ1n) is 9.10. The number of hydrogen-bond acceptors (Lipinski definition) is 6. The minimum atomic E-state index is -0.546. The number of hydrazine groups is 1. The van der Waals surface area contributed by atoms with E-state index in [0.717, 1.165) is 11.3 Å². The van der Waals surface area contributed by atoms with Gasteiger partial charge in [-0.15, -0.1) is 0 Å². The molecular formula is C21H27FN6O. The maximum Gasteiger partial charge on any atom is 0.132 e. The molecule has 0 bridgehead atoms. The molecule has 1 aromatic rings. The molecule has 29 heavy (non-hydrogen) atoms. The predicted octanol–water partition coefficient (Wildman–Crippen LogP) is 0.854. The van der Waals surface area contributed by atoms with Crippen LogP contribution in [-0.4, -0.2) is 56.4 Å². The Morgan fingerprint density at radius 3 is 2.62 bits per heavy atom. The molecule has 154 valence electrons. The molecule has 1 aliphatic rings. The Bertz CT molecular complexity index is 877. The molecule has 0 saturated carbocycles. The lowest BCUT2D eigenvalue weighted by molar-refractivity contribution is 0.320. The van der Waals surface area contributed by atoms with Crippen LogP contribution in [-0.2, 0) is 0 Å². The van der Waals surface area contributed by atoms with Gasteiger partial charge in [-0.25, -0.2) is 10.2 Å². The first-order chi connectivity index (χ1) is 14.0. The maximum atomic E-state index is 12.6. The Labute approximate surface area is 170 Å². The standard InChI is InChI=1S/C21H27FN6O/c1-25-21-17(9-10-22)13-19(26-21)6-3-16-4-7-20(8-5-16)27(2)11-12-28(24)14-18(23)15-29/h4-5,7-9,13-14,29H,10-12,15,23-24H2,1-2H3,(H,25,26)/b17-9-,18-14-. The third kappa shape index (κ3) is 6.68. The van der Waals surface area contributed by atoms with Crippen molar-refractivity contribution in [2.45, 2.75) is 0 Å². The Kier molecular flexibility index (Phi) is 8.27. The number of likely N-dealkylation sites (N-methyl/N-ethyl adjacent to an activating group) is 1. The van der Waals surface area contributed by atoms with Crippen molar-refractivity contribution in [1.82, 2.24) is 10.3 Å². The molecule has 1 aliphatic heterocycles. The molecule has 0 unspecified atom stereocenters. The molecule has 0 radical (unpaired) electrons. The van der Waals surface area contributed by atoms with E-state index < -0.39 is 6.67 Å². The van der Waals surface area contributed by atoms with Crippen LogP contribution in [0.1, 0.15) is 5.56 Å². The van der Waals surface area contributed by atoms with Crippen LogP contribution in [0.25, 0.3) is 0 Å². The second-order valence-electron chi connectivity index (χ2n) is 6.39. The van der Waals surface area contributed by atoms with Crippen molar-refractivity contribution < 1.29 is 9.50 Å². The van der Waals surface area contributed by atoms with Gasteiger partial charge in [0.1, 0.15) is 12.5 Å². The number of aliphatic hydroxyl groups excluding tert-OH is 1. The fourth-order valence-corrected chi connectivity index (χ4v) is 2.60. The van der Waals surface area contributed by atoms with Crippen LogP contribution in [0.15, 0.2) is 64.6 Å². The summed E-state index contributed by atoms with van der Waals surface area (Å²) in [6.45, 7) is 0.457. The van der Waals surface area contributed by atoms with Gasteiger partial charge in [-0.2, -0.15) is 0 Å². The Morgan fingerprint density at radius 1 is 1.28 bits per heavy atom. The number of nitrogens with one attached hydrogen (secondary N) is 1. The van der Waals surface area contributed by atoms with Crippen LogP contribution in [0.4, 0.5) is 10.1 Å². The zero-order chi connectivity index (χ0) is 21.2. The fraction of sp³-hybridized carbons (Fsp3) is 0.286. The number of anilines is 1. The second-order valence-corrected chi connectivity index (χ2v) is 6.39. The highest BCUT2D eigenvalue weighted by atomic mass is 19.1. The summed E-state index contributed by atoms with van der Waals surface area (Å²) in [5.74, 6) is 12.6. The Hall–Kier alpha value is -3.28. The number of rotatable bonds is 7. The summed E-state index contributed by atoms with van der Waals surface area (Å²) in [5, 5.41) is 13.4. The van der Waals surface area contributed by atoms with Gasteiger partial charge in [-0.1, -0.05) is 5.92 Å². The van der Waals surface area contributed by atoms with E-state index >= 15 is 0 Å². The van der Waals surface area contributed by atoms with Crippen LogP contribution in [0.3, 0.4) is 0 Å². The maximum absolute atomic E-state index is 12.6. The summed E-state index contributed by atoms with van der Waals surface area (Å²) in [6, 6.07) is 7.83. The molecular weight excluding hydrogens is 371 g/mol. The number of aliphatic imine (C=N–C) groups is 1. The molecule has 0 atom stereocenters.